The Kier molecular flexibility index (Phi) is 6.16. The van der Waals surface area contributed by atoms with Crippen molar-refractivity contribution in [1.82, 2.24) is 4.31 Å². The largest absolute Gasteiger partial charge is 0.377 e. The first-order valence-corrected chi connectivity index (χ1v) is 10.4. The van der Waals surface area contributed by atoms with Crippen LogP contribution in [0.1, 0.15) is 23.2 Å². The molecule has 0 aromatic heterocycles. The summed E-state index contributed by atoms with van der Waals surface area (Å²) in [6, 6.07) is 12.7. The molecule has 0 radical (unpaired) electrons. The van der Waals surface area contributed by atoms with Gasteiger partial charge in [-0.2, -0.15) is 4.31 Å². The molecule has 1 atom stereocenters. The number of para-hydroxylation sites is 1. The lowest BCUT2D eigenvalue weighted by molar-refractivity contribution is 0.0979. The fraction of sp³-hybridized carbons (Fsp3) is 0.316. The van der Waals surface area contributed by atoms with Crippen molar-refractivity contribution in [1.29, 1.82) is 0 Å². The molecule has 27 heavy (non-hydrogen) atoms. The molecule has 1 aliphatic rings. The van der Waals surface area contributed by atoms with Gasteiger partial charge in [-0.15, -0.1) is 0 Å². The molecule has 144 valence electrons. The van der Waals surface area contributed by atoms with Gasteiger partial charge in [-0.05, 0) is 49.2 Å². The van der Waals surface area contributed by atoms with Crippen LogP contribution in [0.25, 0.3) is 0 Å². The zero-order valence-corrected chi connectivity index (χ0v) is 16.5. The fourth-order valence-electron chi connectivity index (χ4n) is 2.89. The minimum atomic E-state index is -3.63. The molecule has 1 amide bonds. The monoisotopic (exact) mass is 408 g/mol. The quantitative estimate of drug-likeness (QED) is 0.794. The third kappa shape index (κ3) is 4.68. The van der Waals surface area contributed by atoms with Crippen molar-refractivity contribution in [3.63, 3.8) is 0 Å². The van der Waals surface area contributed by atoms with Gasteiger partial charge in [0.25, 0.3) is 5.91 Å². The Hall–Kier alpha value is -1.93. The highest BCUT2D eigenvalue weighted by Crippen LogP contribution is 2.22. The lowest BCUT2D eigenvalue weighted by atomic mass is 10.2. The van der Waals surface area contributed by atoms with Crippen molar-refractivity contribution in [2.24, 2.45) is 0 Å². The molecule has 6 nitrogen and oxygen atoms in total. The molecule has 0 spiro atoms. The molecule has 2 aromatic carbocycles. The average molecular weight is 409 g/mol. The van der Waals surface area contributed by atoms with Crippen LogP contribution in [0.3, 0.4) is 0 Å². The van der Waals surface area contributed by atoms with Gasteiger partial charge in [0, 0.05) is 25.8 Å². The Bertz CT molecular complexity index is 910. The first-order valence-electron chi connectivity index (χ1n) is 8.62. The van der Waals surface area contributed by atoms with E-state index in [2.05, 4.69) is 5.32 Å². The number of halogens is 1. The molecule has 0 aliphatic carbocycles. The SMILES string of the molecule is CN(C[C@H]1CCCO1)S(=O)(=O)c1ccc(C(=O)Nc2ccccc2Cl)cc1. The molecule has 1 N–H and O–H groups in total. The predicted octanol–water partition coefficient (Wildman–Crippen LogP) is 3.39. The second kappa shape index (κ2) is 8.39. The van der Waals surface area contributed by atoms with Crippen molar-refractivity contribution < 1.29 is 17.9 Å². The number of nitrogens with zero attached hydrogens (tertiary/aromatic N) is 1. The average Bonchev–Trinajstić information content (AvgIpc) is 3.16. The maximum Gasteiger partial charge on any atom is 0.255 e. The second-order valence-corrected chi connectivity index (χ2v) is 8.83. The van der Waals surface area contributed by atoms with Crippen LogP contribution < -0.4 is 5.32 Å². The molecule has 3 rings (SSSR count). The molecule has 8 heteroatoms. The maximum absolute atomic E-state index is 12.7. The number of amides is 1. The maximum atomic E-state index is 12.7. The van der Waals surface area contributed by atoms with Gasteiger partial charge in [-0.25, -0.2) is 8.42 Å². The summed E-state index contributed by atoms with van der Waals surface area (Å²) >= 11 is 6.04. The normalized spacial score (nSPS) is 17.2. The van der Waals surface area contributed by atoms with Crippen LogP contribution in [0.4, 0.5) is 5.69 Å². The summed E-state index contributed by atoms with van der Waals surface area (Å²) in [4.78, 5) is 12.5. The van der Waals surface area contributed by atoms with E-state index in [1.165, 1.54) is 35.6 Å². The van der Waals surface area contributed by atoms with Gasteiger partial charge in [0.05, 0.1) is 21.7 Å². The van der Waals surface area contributed by atoms with Crippen LogP contribution in [0.5, 0.6) is 0 Å². The van der Waals surface area contributed by atoms with Gasteiger partial charge in [-0.3, -0.25) is 4.79 Å². The van der Waals surface area contributed by atoms with Gasteiger partial charge in [-0.1, -0.05) is 23.7 Å². The Balaban J connectivity index is 1.70. The van der Waals surface area contributed by atoms with Crippen molar-refractivity contribution in [3.8, 4) is 0 Å². The van der Waals surface area contributed by atoms with E-state index in [1.807, 2.05) is 0 Å². The van der Waals surface area contributed by atoms with Crippen molar-refractivity contribution in [2.75, 3.05) is 25.5 Å². The number of anilines is 1. The van der Waals surface area contributed by atoms with E-state index in [1.54, 1.807) is 24.3 Å². The Morgan fingerprint density at radius 2 is 1.93 bits per heavy atom. The number of rotatable bonds is 6. The minimum Gasteiger partial charge on any atom is -0.377 e. The van der Waals surface area contributed by atoms with Crippen LogP contribution in [0.15, 0.2) is 53.4 Å². The number of likely N-dealkylation sites (N-methyl/N-ethyl adjacent to an activating group) is 1. The van der Waals surface area contributed by atoms with E-state index in [0.29, 0.717) is 29.4 Å². The number of carbonyl (C=O) groups excluding carboxylic acids is 1. The molecule has 2 aromatic rings. The Labute approximate surface area is 164 Å². The Morgan fingerprint density at radius 1 is 1.22 bits per heavy atom. The lowest BCUT2D eigenvalue weighted by Gasteiger charge is -2.20. The first kappa shape index (κ1) is 19.8. The number of carbonyl (C=O) groups is 1. The number of benzene rings is 2. The van der Waals surface area contributed by atoms with Crippen LogP contribution in [-0.2, 0) is 14.8 Å². The summed E-state index contributed by atoms with van der Waals surface area (Å²) in [5.41, 5.74) is 0.841. The summed E-state index contributed by atoms with van der Waals surface area (Å²) in [7, 11) is -2.10. The number of ether oxygens (including phenoxy) is 1. The summed E-state index contributed by atoms with van der Waals surface area (Å²) in [5, 5.41) is 3.14. The number of nitrogens with one attached hydrogen (secondary N) is 1. The molecule has 1 saturated heterocycles. The van der Waals surface area contributed by atoms with E-state index in [-0.39, 0.29) is 16.9 Å². The number of hydrogen-bond acceptors (Lipinski definition) is 4. The fourth-order valence-corrected chi connectivity index (χ4v) is 4.27. The van der Waals surface area contributed by atoms with Crippen molar-refractivity contribution >= 4 is 33.2 Å². The highest BCUT2D eigenvalue weighted by molar-refractivity contribution is 7.89. The predicted molar refractivity (Wildman–Crippen MR) is 105 cm³/mol. The molecular weight excluding hydrogens is 388 g/mol. The van der Waals surface area contributed by atoms with E-state index < -0.39 is 10.0 Å². The number of hydrogen-bond donors (Lipinski definition) is 1. The topological polar surface area (TPSA) is 75.7 Å². The van der Waals surface area contributed by atoms with Gasteiger partial charge >= 0.3 is 0 Å². The molecule has 1 fully saturated rings. The molecular formula is C19H21ClN2O4S. The van der Waals surface area contributed by atoms with Crippen LogP contribution in [-0.4, -0.2) is 44.9 Å². The third-order valence-corrected chi connectivity index (χ3v) is 6.60. The van der Waals surface area contributed by atoms with Crippen molar-refractivity contribution in [2.45, 2.75) is 23.8 Å². The zero-order valence-electron chi connectivity index (χ0n) is 14.9. The minimum absolute atomic E-state index is 0.0644. The van der Waals surface area contributed by atoms with Gasteiger partial charge < -0.3 is 10.1 Å². The lowest BCUT2D eigenvalue weighted by Crippen LogP contribution is -2.34. The van der Waals surface area contributed by atoms with E-state index in [4.69, 9.17) is 16.3 Å². The van der Waals surface area contributed by atoms with E-state index in [0.717, 1.165) is 12.8 Å². The van der Waals surface area contributed by atoms with Crippen LogP contribution in [0, 0.1) is 0 Å². The first-order chi connectivity index (χ1) is 12.9. The standard InChI is InChI=1S/C19H21ClN2O4S/c1-22(13-15-5-4-12-26-15)27(24,25)16-10-8-14(9-11-16)19(23)21-18-7-3-2-6-17(18)20/h2-3,6-11,15H,4-5,12-13H2,1H3,(H,21,23)/t15-/m1/s1. The summed E-state index contributed by atoms with van der Waals surface area (Å²) in [6.07, 6.45) is 1.75. The second-order valence-electron chi connectivity index (χ2n) is 6.38. The summed E-state index contributed by atoms with van der Waals surface area (Å²) in [6.45, 7) is 0.991. The zero-order chi connectivity index (χ0) is 19.4. The highest BCUT2D eigenvalue weighted by Gasteiger charge is 2.26. The van der Waals surface area contributed by atoms with Gasteiger partial charge in [0.1, 0.15) is 0 Å². The smallest absolute Gasteiger partial charge is 0.255 e. The van der Waals surface area contributed by atoms with Gasteiger partial charge in [0.2, 0.25) is 10.0 Å². The van der Waals surface area contributed by atoms with Crippen LogP contribution >= 0.6 is 11.6 Å². The van der Waals surface area contributed by atoms with Crippen LogP contribution in [0.2, 0.25) is 5.02 Å². The molecule has 1 aliphatic heterocycles. The van der Waals surface area contributed by atoms with Crippen molar-refractivity contribution in [3.05, 3.63) is 59.1 Å². The molecule has 0 unspecified atom stereocenters. The summed E-state index contributed by atoms with van der Waals surface area (Å²) < 4.78 is 32.2. The van der Waals surface area contributed by atoms with E-state index in [9.17, 15) is 13.2 Å². The molecule has 0 bridgehead atoms. The van der Waals surface area contributed by atoms with E-state index >= 15 is 0 Å². The van der Waals surface area contributed by atoms with Gasteiger partial charge in [0.15, 0.2) is 0 Å². The molecule has 1 heterocycles. The summed E-state index contributed by atoms with van der Waals surface area (Å²) in [5.74, 6) is -0.361. The third-order valence-electron chi connectivity index (χ3n) is 4.43. The molecule has 0 saturated carbocycles. The number of sulfonamides is 1. The highest BCUT2D eigenvalue weighted by atomic mass is 35.5. The Morgan fingerprint density at radius 3 is 2.56 bits per heavy atom.